The van der Waals surface area contributed by atoms with E-state index in [4.69, 9.17) is 9.52 Å². The molecule has 0 saturated heterocycles. The summed E-state index contributed by atoms with van der Waals surface area (Å²) in [4.78, 5) is 17.1. The van der Waals surface area contributed by atoms with Crippen LogP contribution in [0, 0.1) is 16.4 Å². The second-order valence-corrected chi connectivity index (χ2v) is 9.54. The summed E-state index contributed by atoms with van der Waals surface area (Å²) in [5.74, 6) is -1.69. The third kappa shape index (κ3) is 3.56. The zero-order valence-electron chi connectivity index (χ0n) is 17.6. The first-order valence-corrected chi connectivity index (χ1v) is 11.5. The van der Waals surface area contributed by atoms with Crippen molar-refractivity contribution in [2.24, 2.45) is 7.05 Å². The topological polar surface area (TPSA) is 90.0 Å². The first kappa shape index (κ1) is 21.7. The SMILES string of the molecule is COc1ncc2c(c1-c1ccccc1)n(Cc1c(F)cc([S@@](C)(=N)=O)cc1F)c(=O)n2C. The molecule has 1 N–H and O–H groups in total. The van der Waals surface area contributed by atoms with Gasteiger partial charge in [-0.05, 0) is 17.7 Å². The van der Waals surface area contributed by atoms with Gasteiger partial charge in [-0.2, -0.15) is 0 Å². The second kappa shape index (κ2) is 7.86. The number of imidazole rings is 1. The summed E-state index contributed by atoms with van der Waals surface area (Å²) in [5.41, 5.74) is 1.26. The minimum Gasteiger partial charge on any atom is -0.480 e. The van der Waals surface area contributed by atoms with Crippen molar-refractivity contribution in [3.63, 3.8) is 0 Å². The van der Waals surface area contributed by atoms with Crippen LogP contribution in [0.4, 0.5) is 8.78 Å². The van der Waals surface area contributed by atoms with Gasteiger partial charge in [-0.3, -0.25) is 9.13 Å². The Balaban J connectivity index is 2.01. The van der Waals surface area contributed by atoms with E-state index in [1.165, 1.54) is 22.4 Å². The van der Waals surface area contributed by atoms with Crippen LogP contribution in [0.3, 0.4) is 0 Å². The number of methoxy groups -OCH3 is 1. The van der Waals surface area contributed by atoms with Crippen molar-refractivity contribution >= 4 is 20.8 Å². The van der Waals surface area contributed by atoms with Crippen molar-refractivity contribution in [2.75, 3.05) is 13.4 Å². The molecule has 0 spiro atoms. The number of aryl methyl sites for hydroxylation is 1. The van der Waals surface area contributed by atoms with Crippen LogP contribution in [0.1, 0.15) is 5.56 Å². The molecule has 0 aliphatic heterocycles. The Kier molecular flexibility index (Phi) is 5.33. The van der Waals surface area contributed by atoms with Crippen LogP contribution >= 0.6 is 0 Å². The number of nitrogens with zero attached hydrogens (tertiary/aromatic N) is 3. The minimum absolute atomic E-state index is 0.252. The van der Waals surface area contributed by atoms with E-state index in [2.05, 4.69) is 4.98 Å². The van der Waals surface area contributed by atoms with E-state index in [0.717, 1.165) is 24.0 Å². The molecule has 10 heteroatoms. The Morgan fingerprint density at radius 3 is 2.34 bits per heavy atom. The summed E-state index contributed by atoms with van der Waals surface area (Å²) in [7, 11) is -0.306. The molecule has 2 heterocycles. The molecule has 2 aromatic carbocycles. The van der Waals surface area contributed by atoms with Crippen LogP contribution in [0.5, 0.6) is 5.88 Å². The Morgan fingerprint density at radius 2 is 1.78 bits per heavy atom. The highest BCUT2D eigenvalue weighted by atomic mass is 32.2. The lowest BCUT2D eigenvalue weighted by atomic mass is 10.1. The monoisotopic (exact) mass is 458 g/mol. The lowest BCUT2D eigenvalue weighted by Crippen LogP contribution is -2.23. The average molecular weight is 458 g/mol. The average Bonchev–Trinajstić information content (AvgIpc) is 2.99. The van der Waals surface area contributed by atoms with Gasteiger partial charge in [-0.1, -0.05) is 30.3 Å². The molecule has 4 rings (SSSR count). The number of hydrogen-bond donors (Lipinski definition) is 1. The van der Waals surface area contributed by atoms with E-state index in [0.29, 0.717) is 16.6 Å². The highest BCUT2D eigenvalue weighted by Gasteiger charge is 2.23. The molecule has 1 atom stereocenters. The maximum atomic E-state index is 14.8. The lowest BCUT2D eigenvalue weighted by Gasteiger charge is -2.13. The van der Waals surface area contributed by atoms with Gasteiger partial charge in [0.2, 0.25) is 5.88 Å². The number of aromatic nitrogens is 3. The quantitative estimate of drug-likeness (QED) is 0.493. The molecule has 7 nitrogen and oxygen atoms in total. The summed E-state index contributed by atoms with van der Waals surface area (Å²) in [5, 5.41) is 0. The van der Waals surface area contributed by atoms with Crippen LogP contribution in [0.15, 0.2) is 58.4 Å². The lowest BCUT2D eigenvalue weighted by molar-refractivity contribution is 0.400. The smallest absolute Gasteiger partial charge is 0.329 e. The zero-order chi connectivity index (χ0) is 23.2. The molecule has 166 valence electrons. The fourth-order valence-electron chi connectivity index (χ4n) is 3.65. The van der Waals surface area contributed by atoms with Gasteiger partial charge in [0, 0.05) is 18.9 Å². The number of pyridine rings is 1. The van der Waals surface area contributed by atoms with Crippen molar-refractivity contribution in [1.29, 1.82) is 4.78 Å². The van der Waals surface area contributed by atoms with E-state index in [9.17, 15) is 17.8 Å². The third-order valence-corrected chi connectivity index (χ3v) is 6.42. The van der Waals surface area contributed by atoms with E-state index < -0.39 is 33.6 Å². The first-order chi connectivity index (χ1) is 15.1. The van der Waals surface area contributed by atoms with Gasteiger partial charge < -0.3 is 4.74 Å². The molecule has 4 aromatic rings. The highest BCUT2D eigenvalue weighted by Crippen LogP contribution is 2.35. The summed E-state index contributed by atoms with van der Waals surface area (Å²) < 4.78 is 57.2. The van der Waals surface area contributed by atoms with Gasteiger partial charge in [0.05, 0.1) is 51.1 Å². The van der Waals surface area contributed by atoms with Crippen molar-refractivity contribution < 1.29 is 17.7 Å². The van der Waals surface area contributed by atoms with Crippen molar-refractivity contribution in [2.45, 2.75) is 11.4 Å². The molecule has 0 fully saturated rings. The fourth-order valence-corrected chi connectivity index (χ4v) is 4.31. The maximum Gasteiger partial charge on any atom is 0.329 e. The zero-order valence-corrected chi connectivity index (χ0v) is 18.4. The van der Waals surface area contributed by atoms with Gasteiger partial charge in [-0.25, -0.2) is 27.5 Å². The first-order valence-electron chi connectivity index (χ1n) is 9.52. The Morgan fingerprint density at radius 1 is 1.16 bits per heavy atom. The molecular weight excluding hydrogens is 438 g/mol. The maximum absolute atomic E-state index is 14.8. The Bertz CT molecular complexity index is 1490. The van der Waals surface area contributed by atoms with E-state index in [1.807, 2.05) is 30.3 Å². The van der Waals surface area contributed by atoms with Gasteiger partial charge in [-0.15, -0.1) is 0 Å². The highest BCUT2D eigenvalue weighted by molar-refractivity contribution is 7.91. The van der Waals surface area contributed by atoms with Crippen LogP contribution in [-0.4, -0.2) is 31.7 Å². The molecular formula is C22H20F2N4O3S. The molecule has 0 bridgehead atoms. The number of fused-ring (bicyclic) bond motifs is 1. The molecule has 0 aliphatic carbocycles. The van der Waals surface area contributed by atoms with Crippen LogP contribution in [0.25, 0.3) is 22.2 Å². The molecule has 0 radical (unpaired) electrons. The number of rotatable bonds is 5. The molecule has 0 unspecified atom stereocenters. The van der Waals surface area contributed by atoms with E-state index in [-0.39, 0.29) is 16.3 Å². The van der Waals surface area contributed by atoms with Crippen molar-refractivity contribution in [1.82, 2.24) is 14.1 Å². The van der Waals surface area contributed by atoms with Crippen molar-refractivity contribution in [3.05, 3.63) is 76.3 Å². The molecule has 32 heavy (non-hydrogen) atoms. The van der Waals surface area contributed by atoms with E-state index >= 15 is 0 Å². The van der Waals surface area contributed by atoms with E-state index in [1.54, 1.807) is 7.05 Å². The third-order valence-electron chi connectivity index (χ3n) is 5.28. The van der Waals surface area contributed by atoms with Gasteiger partial charge in [0.15, 0.2) is 0 Å². The number of ether oxygens (including phenoxy) is 1. The second-order valence-electron chi connectivity index (χ2n) is 7.38. The molecule has 0 aliphatic rings. The molecule has 2 aromatic heterocycles. The summed E-state index contributed by atoms with van der Waals surface area (Å²) in [6.07, 6.45) is 2.56. The summed E-state index contributed by atoms with van der Waals surface area (Å²) in [6, 6.07) is 10.9. The van der Waals surface area contributed by atoms with Crippen molar-refractivity contribution in [3.8, 4) is 17.0 Å². The minimum atomic E-state index is -3.31. The Hall–Kier alpha value is -3.53. The predicted molar refractivity (Wildman–Crippen MR) is 117 cm³/mol. The standard InChI is InChI=1S/C22H20F2N4O3S/c1-27-18-11-26-21(31-2)19(13-7-5-4-6-8-13)20(18)28(22(27)29)12-15-16(23)9-14(10-17(15)24)32(3,25)30/h4-11,25H,12H2,1-3H3/t32-/m0/s1. The van der Waals surface area contributed by atoms with Gasteiger partial charge in [0.25, 0.3) is 0 Å². The van der Waals surface area contributed by atoms with Gasteiger partial charge in [0.1, 0.15) is 11.6 Å². The number of hydrogen-bond acceptors (Lipinski definition) is 5. The normalized spacial score (nSPS) is 13.3. The molecule has 0 saturated carbocycles. The summed E-state index contributed by atoms with van der Waals surface area (Å²) >= 11 is 0. The predicted octanol–water partition coefficient (Wildman–Crippen LogP) is 3.77. The van der Waals surface area contributed by atoms with Crippen LogP contribution < -0.4 is 10.4 Å². The molecule has 0 amide bonds. The summed E-state index contributed by atoms with van der Waals surface area (Å²) in [6.45, 7) is -0.413. The van der Waals surface area contributed by atoms with Crippen LogP contribution in [0.2, 0.25) is 0 Å². The number of benzene rings is 2. The van der Waals surface area contributed by atoms with Gasteiger partial charge >= 0.3 is 5.69 Å². The number of nitrogens with one attached hydrogen (secondary N) is 1. The number of halogens is 2. The van der Waals surface area contributed by atoms with Crippen LogP contribution in [-0.2, 0) is 23.3 Å². The Labute approximate surface area is 182 Å². The fraction of sp³-hybridized carbons (Fsp3) is 0.182. The largest absolute Gasteiger partial charge is 0.480 e.